The number of hydrogen-bond acceptors (Lipinski definition) is 1. The van der Waals surface area contributed by atoms with E-state index in [0.717, 1.165) is 6.42 Å². The highest BCUT2D eigenvalue weighted by molar-refractivity contribution is 5.39. The van der Waals surface area contributed by atoms with Gasteiger partial charge in [-0.3, -0.25) is 0 Å². The van der Waals surface area contributed by atoms with Crippen LogP contribution in [0.25, 0.3) is 0 Å². The highest BCUT2D eigenvalue weighted by Gasteiger charge is 2.11. The van der Waals surface area contributed by atoms with Crippen LogP contribution in [0, 0.1) is 11.8 Å². The standard InChI is InChI=1S/C15H23N/c1-6-11(3)13(5)10-15-12(4)8-9-14(7-2)16-15/h6,8-11,13,16H,1,7H2,2-5H3/b15-10-. The van der Waals surface area contributed by atoms with Crippen LogP contribution >= 0.6 is 0 Å². The van der Waals surface area contributed by atoms with Crippen molar-refractivity contribution in [3.05, 3.63) is 47.9 Å². The Morgan fingerprint density at radius 1 is 1.31 bits per heavy atom. The molecule has 1 aliphatic heterocycles. The molecule has 0 spiro atoms. The molecule has 0 aromatic rings. The van der Waals surface area contributed by atoms with E-state index in [1.54, 1.807) is 0 Å². The lowest BCUT2D eigenvalue weighted by Crippen LogP contribution is -2.18. The molecule has 1 N–H and O–H groups in total. The number of nitrogens with one attached hydrogen (secondary N) is 1. The molecule has 1 rings (SSSR count). The third-order valence-corrected chi connectivity index (χ3v) is 3.27. The minimum atomic E-state index is 0.512. The van der Waals surface area contributed by atoms with E-state index in [-0.39, 0.29) is 0 Å². The largest absolute Gasteiger partial charge is 0.359 e. The maximum Gasteiger partial charge on any atom is 0.0373 e. The Morgan fingerprint density at radius 3 is 2.56 bits per heavy atom. The fraction of sp³-hybridized carbons (Fsp3) is 0.467. The molecular weight excluding hydrogens is 194 g/mol. The Balaban J connectivity index is 2.82. The van der Waals surface area contributed by atoms with Gasteiger partial charge < -0.3 is 5.32 Å². The van der Waals surface area contributed by atoms with Gasteiger partial charge in [0.25, 0.3) is 0 Å². The van der Waals surface area contributed by atoms with Gasteiger partial charge in [-0.15, -0.1) is 6.58 Å². The van der Waals surface area contributed by atoms with Crippen molar-refractivity contribution in [2.75, 3.05) is 0 Å². The van der Waals surface area contributed by atoms with Crippen LogP contribution < -0.4 is 5.32 Å². The maximum atomic E-state index is 3.85. The van der Waals surface area contributed by atoms with E-state index in [1.807, 2.05) is 6.08 Å². The fourth-order valence-electron chi connectivity index (χ4n) is 1.64. The molecule has 0 saturated heterocycles. The maximum absolute atomic E-state index is 3.85. The molecule has 1 heterocycles. The topological polar surface area (TPSA) is 12.0 Å². The van der Waals surface area contributed by atoms with Crippen molar-refractivity contribution >= 4 is 0 Å². The molecule has 0 bridgehead atoms. The van der Waals surface area contributed by atoms with E-state index >= 15 is 0 Å². The Labute approximate surface area is 99.6 Å². The zero-order chi connectivity index (χ0) is 12.1. The van der Waals surface area contributed by atoms with Gasteiger partial charge in [0.05, 0.1) is 0 Å². The Morgan fingerprint density at radius 2 is 2.00 bits per heavy atom. The lowest BCUT2D eigenvalue weighted by molar-refractivity contribution is 0.554. The summed E-state index contributed by atoms with van der Waals surface area (Å²) in [6.45, 7) is 12.6. The first kappa shape index (κ1) is 12.8. The van der Waals surface area contributed by atoms with Gasteiger partial charge in [0.2, 0.25) is 0 Å². The minimum absolute atomic E-state index is 0.512. The summed E-state index contributed by atoms with van der Waals surface area (Å²) in [6.07, 6.45) is 9.72. The summed E-state index contributed by atoms with van der Waals surface area (Å²) in [5.74, 6) is 1.03. The second kappa shape index (κ2) is 5.74. The number of rotatable bonds is 4. The number of allylic oxidation sites excluding steroid dienone is 6. The smallest absolute Gasteiger partial charge is 0.0373 e. The van der Waals surface area contributed by atoms with Crippen molar-refractivity contribution in [1.82, 2.24) is 5.32 Å². The lowest BCUT2D eigenvalue weighted by Gasteiger charge is -2.21. The van der Waals surface area contributed by atoms with Crippen molar-refractivity contribution in [1.29, 1.82) is 0 Å². The Kier molecular flexibility index (Phi) is 4.60. The molecule has 0 aliphatic carbocycles. The molecule has 2 unspecified atom stereocenters. The van der Waals surface area contributed by atoms with Gasteiger partial charge in [0.1, 0.15) is 0 Å². The van der Waals surface area contributed by atoms with E-state index in [0.29, 0.717) is 11.8 Å². The predicted molar refractivity (Wildman–Crippen MR) is 71.9 cm³/mol. The summed E-state index contributed by atoms with van der Waals surface area (Å²) in [7, 11) is 0. The monoisotopic (exact) mass is 217 g/mol. The van der Waals surface area contributed by atoms with Crippen LogP contribution in [0.5, 0.6) is 0 Å². The van der Waals surface area contributed by atoms with E-state index < -0.39 is 0 Å². The van der Waals surface area contributed by atoms with Crippen LogP contribution in [0.4, 0.5) is 0 Å². The number of hydrogen-bond donors (Lipinski definition) is 1. The molecular formula is C15H23N. The van der Waals surface area contributed by atoms with Gasteiger partial charge >= 0.3 is 0 Å². The quantitative estimate of drug-likeness (QED) is 0.697. The summed E-state index contributed by atoms with van der Waals surface area (Å²) in [5, 5.41) is 3.48. The summed E-state index contributed by atoms with van der Waals surface area (Å²) in [5.41, 5.74) is 3.84. The second-order valence-corrected chi connectivity index (χ2v) is 4.55. The molecule has 0 radical (unpaired) electrons. The fourth-order valence-corrected chi connectivity index (χ4v) is 1.64. The number of dihydropyridines is 1. The zero-order valence-electron chi connectivity index (χ0n) is 10.9. The van der Waals surface area contributed by atoms with Gasteiger partial charge in [0.15, 0.2) is 0 Å². The van der Waals surface area contributed by atoms with Crippen molar-refractivity contribution in [3.8, 4) is 0 Å². The molecule has 0 aromatic carbocycles. The molecule has 1 heteroatoms. The first-order chi connectivity index (χ1) is 7.58. The van der Waals surface area contributed by atoms with Gasteiger partial charge in [-0.05, 0) is 36.8 Å². The van der Waals surface area contributed by atoms with Crippen LogP contribution in [0.15, 0.2) is 47.9 Å². The van der Waals surface area contributed by atoms with Crippen LogP contribution in [0.3, 0.4) is 0 Å². The van der Waals surface area contributed by atoms with Gasteiger partial charge in [-0.2, -0.15) is 0 Å². The van der Waals surface area contributed by atoms with Crippen LogP contribution in [0.2, 0.25) is 0 Å². The normalized spacial score (nSPS) is 21.9. The third kappa shape index (κ3) is 3.13. The van der Waals surface area contributed by atoms with Crippen LogP contribution in [0.1, 0.15) is 34.1 Å². The van der Waals surface area contributed by atoms with Crippen LogP contribution in [-0.4, -0.2) is 0 Å². The molecule has 1 nitrogen and oxygen atoms in total. The average Bonchev–Trinajstić information content (AvgIpc) is 2.30. The summed E-state index contributed by atoms with van der Waals surface area (Å²) >= 11 is 0. The average molecular weight is 217 g/mol. The molecule has 2 atom stereocenters. The van der Waals surface area contributed by atoms with Gasteiger partial charge in [-0.1, -0.05) is 39.0 Å². The molecule has 16 heavy (non-hydrogen) atoms. The molecule has 0 aromatic heterocycles. The van der Waals surface area contributed by atoms with E-state index in [1.165, 1.54) is 17.0 Å². The highest BCUT2D eigenvalue weighted by atomic mass is 14.9. The van der Waals surface area contributed by atoms with Gasteiger partial charge in [-0.25, -0.2) is 0 Å². The van der Waals surface area contributed by atoms with Crippen molar-refractivity contribution < 1.29 is 0 Å². The summed E-state index contributed by atoms with van der Waals surface area (Å²) in [4.78, 5) is 0. The van der Waals surface area contributed by atoms with E-state index in [4.69, 9.17) is 0 Å². The molecule has 1 aliphatic rings. The predicted octanol–water partition coefficient (Wildman–Crippen LogP) is 4.17. The Bertz CT molecular complexity index is 344. The van der Waals surface area contributed by atoms with Crippen molar-refractivity contribution in [3.63, 3.8) is 0 Å². The third-order valence-electron chi connectivity index (χ3n) is 3.27. The summed E-state index contributed by atoms with van der Waals surface area (Å²) in [6, 6.07) is 0. The molecule has 0 saturated carbocycles. The van der Waals surface area contributed by atoms with Gasteiger partial charge in [0, 0.05) is 11.4 Å². The molecule has 88 valence electrons. The summed E-state index contributed by atoms with van der Waals surface area (Å²) < 4.78 is 0. The first-order valence-corrected chi connectivity index (χ1v) is 6.07. The first-order valence-electron chi connectivity index (χ1n) is 6.07. The SMILES string of the molecule is C=CC(C)C(C)/C=C1\NC(CC)=CC=C1C. The molecule has 0 amide bonds. The Hall–Kier alpha value is -1.24. The second-order valence-electron chi connectivity index (χ2n) is 4.55. The van der Waals surface area contributed by atoms with E-state index in [2.05, 4.69) is 57.8 Å². The minimum Gasteiger partial charge on any atom is -0.359 e. The zero-order valence-corrected chi connectivity index (χ0v) is 10.9. The van der Waals surface area contributed by atoms with Crippen LogP contribution in [-0.2, 0) is 0 Å². The van der Waals surface area contributed by atoms with Crippen molar-refractivity contribution in [2.24, 2.45) is 11.8 Å². The van der Waals surface area contributed by atoms with Crippen molar-refractivity contribution in [2.45, 2.75) is 34.1 Å². The highest BCUT2D eigenvalue weighted by Crippen LogP contribution is 2.21. The molecule has 0 fully saturated rings. The van der Waals surface area contributed by atoms with E-state index in [9.17, 15) is 0 Å². The lowest BCUT2D eigenvalue weighted by atomic mass is 9.93.